The highest BCUT2D eigenvalue weighted by atomic mass is 35.5. The van der Waals surface area contributed by atoms with E-state index < -0.39 is 6.10 Å². The number of amides is 1. The van der Waals surface area contributed by atoms with Gasteiger partial charge in [0.2, 0.25) is 0 Å². The van der Waals surface area contributed by atoms with Gasteiger partial charge < -0.3 is 14.8 Å². The van der Waals surface area contributed by atoms with E-state index in [-0.39, 0.29) is 5.91 Å². The lowest BCUT2D eigenvalue weighted by Crippen LogP contribution is -2.30. The summed E-state index contributed by atoms with van der Waals surface area (Å²) in [5.41, 5.74) is 3.33. The summed E-state index contributed by atoms with van der Waals surface area (Å²) in [7, 11) is 1.55. The van der Waals surface area contributed by atoms with E-state index in [0.29, 0.717) is 16.5 Å². The third-order valence-corrected chi connectivity index (χ3v) is 4.72. The van der Waals surface area contributed by atoms with Crippen LogP contribution in [-0.4, -0.2) is 19.1 Å². The maximum Gasteiger partial charge on any atom is 0.265 e. The van der Waals surface area contributed by atoms with Gasteiger partial charge in [0, 0.05) is 5.69 Å². The molecule has 0 aromatic heterocycles. The van der Waals surface area contributed by atoms with Crippen LogP contribution >= 0.6 is 11.6 Å². The van der Waals surface area contributed by atoms with Crippen LogP contribution in [0.2, 0.25) is 5.02 Å². The standard InChI is InChI=1S/C20H22ClNO3/c1-13(20(23)22-16-8-10-19(24-2)18(21)12-16)25-17-9-7-14-5-3-4-6-15(14)11-17/h7-13H,3-6H2,1-2H3,(H,22,23)/t13-/m1/s1. The molecule has 132 valence electrons. The Hall–Kier alpha value is -2.20. The van der Waals surface area contributed by atoms with Gasteiger partial charge in [0.05, 0.1) is 12.1 Å². The minimum absolute atomic E-state index is 0.223. The molecule has 0 bridgehead atoms. The molecule has 1 aliphatic carbocycles. The van der Waals surface area contributed by atoms with Crippen molar-refractivity contribution in [3.8, 4) is 11.5 Å². The molecule has 2 aromatic rings. The summed E-state index contributed by atoms with van der Waals surface area (Å²) in [6, 6.07) is 11.2. The molecule has 0 fully saturated rings. The number of aryl methyl sites for hydroxylation is 2. The lowest BCUT2D eigenvalue weighted by molar-refractivity contribution is -0.122. The highest BCUT2D eigenvalue weighted by molar-refractivity contribution is 6.32. The lowest BCUT2D eigenvalue weighted by atomic mass is 9.92. The summed E-state index contributed by atoms with van der Waals surface area (Å²) in [5, 5.41) is 3.26. The van der Waals surface area contributed by atoms with Crippen LogP contribution in [0, 0.1) is 0 Å². The van der Waals surface area contributed by atoms with Crippen molar-refractivity contribution < 1.29 is 14.3 Å². The van der Waals surface area contributed by atoms with Crippen LogP contribution in [0.4, 0.5) is 5.69 Å². The van der Waals surface area contributed by atoms with Gasteiger partial charge in [-0.15, -0.1) is 0 Å². The number of nitrogens with one attached hydrogen (secondary N) is 1. The van der Waals surface area contributed by atoms with Crippen LogP contribution in [0.3, 0.4) is 0 Å². The number of hydrogen-bond acceptors (Lipinski definition) is 3. The molecule has 0 spiro atoms. The number of hydrogen-bond donors (Lipinski definition) is 1. The fourth-order valence-corrected chi connectivity index (χ4v) is 3.29. The molecular weight excluding hydrogens is 338 g/mol. The third kappa shape index (κ3) is 4.26. The monoisotopic (exact) mass is 359 g/mol. The van der Waals surface area contributed by atoms with Crippen molar-refractivity contribution in [3.05, 3.63) is 52.5 Å². The number of anilines is 1. The average molecular weight is 360 g/mol. The first-order chi connectivity index (χ1) is 12.1. The third-order valence-electron chi connectivity index (χ3n) is 4.42. The molecule has 0 unspecified atom stereocenters. The molecule has 1 N–H and O–H groups in total. The van der Waals surface area contributed by atoms with E-state index in [0.717, 1.165) is 18.6 Å². The van der Waals surface area contributed by atoms with Gasteiger partial charge in [-0.05, 0) is 74.1 Å². The van der Waals surface area contributed by atoms with E-state index in [2.05, 4.69) is 17.4 Å². The fraction of sp³-hybridized carbons (Fsp3) is 0.350. The Bertz CT molecular complexity index is 776. The number of methoxy groups -OCH3 is 1. The summed E-state index contributed by atoms with van der Waals surface area (Å²) >= 11 is 6.08. The van der Waals surface area contributed by atoms with E-state index in [1.54, 1.807) is 32.2 Å². The second-order valence-corrected chi connectivity index (χ2v) is 6.64. The largest absolute Gasteiger partial charge is 0.495 e. The Balaban J connectivity index is 1.63. The molecule has 0 saturated heterocycles. The van der Waals surface area contributed by atoms with Gasteiger partial charge in [0.15, 0.2) is 6.10 Å². The minimum atomic E-state index is -0.609. The predicted octanol–water partition coefficient (Wildman–Crippen LogP) is 4.63. The van der Waals surface area contributed by atoms with E-state index in [1.807, 2.05) is 6.07 Å². The van der Waals surface area contributed by atoms with Crippen LogP contribution in [0.1, 0.15) is 30.9 Å². The molecule has 1 aliphatic rings. The normalized spacial score (nSPS) is 14.4. The maximum atomic E-state index is 12.4. The van der Waals surface area contributed by atoms with E-state index in [4.69, 9.17) is 21.1 Å². The molecule has 1 atom stereocenters. The first-order valence-corrected chi connectivity index (χ1v) is 8.87. The van der Waals surface area contributed by atoms with Crippen LogP contribution in [0.25, 0.3) is 0 Å². The molecule has 0 radical (unpaired) electrons. The second-order valence-electron chi connectivity index (χ2n) is 6.24. The first kappa shape index (κ1) is 17.6. The van der Waals surface area contributed by atoms with Crippen molar-refractivity contribution in [1.29, 1.82) is 0 Å². The smallest absolute Gasteiger partial charge is 0.265 e. The summed E-state index contributed by atoms with van der Waals surface area (Å²) in [4.78, 5) is 12.4. The average Bonchev–Trinajstić information content (AvgIpc) is 2.61. The Kier molecular flexibility index (Phi) is 5.49. The molecule has 4 nitrogen and oxygen atoms in total. The van der Waals surface area contributed by atoms with Crippen LogP contribution in [-0.2, 0) is 17.6 Å². The number of fused-ring (bicyclic) bond motifs is 1. The van der Waals surface area contributed by atoms with Crippen molar-refractivity contribution in [2.24, 2.45) is 0 Å². The Morgan fingerprint density at radius 1 is 1.12 bits per heavy atom. The van der Waals surface area contributed by atoms with Crippen LogP contribution in [0.5, 0.6) is 11.5 Å². The van der Waals surface area contributed by atoms with E-state index >= 15 is 0 Å². The molecule has 3 rings (SSSR count). The van der Waals surface area contributed by atoms with Crippen molar-refractivity contribution in [1.82, 2.24) is 0 Å². The Labute approximate surface area is 153 Å². The highest BCUT2D eigenvalue weighted by Gasteiger charge is 2.17. The van der Waals surface area contributed by atoms with Crippen LogP contribution < -0.4 is 14.8 Å². The van der Waals surface area contributed by atoms with Crippen LogP contribution in [0.15, 0.2) is 36.4 Å². The van der Waals surface area contributed by atoms with Gasteiger partial charge in [0.25, 0.3) is 5.91 Å². The summed E-state index contributed by atoms with van der Waals surface area (Å²) in [5.74, 6) is 1.08. The number of ether oxygens (including phenoxy) is 2. The van der Waals surface area contributed by atoms with Crippen molar-refractivity contribution in [2.45, 2.75) is 38.7 Å². The van der Waals surface area contributed by atoms with E-state index in [9.17, 15) is 4.79 Å². The lowest BCUT2D eigenvalue weighted by Gasteiger charge is -2.19. The number of carbonyl (C=O) groups excluding carboxylic acids is 1. The van der Waals surface area contributed by atoms with Gasteiger partial charge in [-0.1, -0.05) is 17.7 Å². The van der Waals surface area contributed by atoms with Crippen molar-refractivity contribution in [2.75, 3.05) is 12.4 Å². The van der Waals surface area contributed by atoms with E-state index in [1.165, 1.54) is 24.0 Å². The molecule has 1 amide bonds. The summed E-state index contributed by atoms with van der Waals surface area (Å²) in [6.07, 6.45) is 4.06. The Morgan fingerprint density at radius 2 is 1.88 bits per heavy atom. The molecule has 0 heterocycles. The number of benzene rings is 2. The quantitative estimate of drug-likeness (QED) is 0.846. The molecule has 0 aliphatic heterocycles. The fourth-order valence-electron chi connectivity index (χ4n) is 3.03. The molecule has 0 saturated carbocycles. The van der Waals surface area contributed by atoms with Crippen molar-refractivity contribution in [3.63, 3.8) is 0 Å². The maximum absolute atomic E-state index is 12.4. The van der Waals surface area contributed by atoms with Gasteiger partial charge in [-0.3, -0.25) is 4.79 Å². The van der Waals surface area contributed by atoms with Gasteiger partial charge in [-0.25, -0.2) is 0 Å². The number of carbonyl (C=O) groups is 1. The molecule has 25 heavy (non-hydrogen) atoms. The topological polar surface area (TPSA) is 47.6 Å². The zero-order valence-corrected chi connectivity index (χ0v) is 15.2. The highest BCUT2D eigenvalue weighted by Crippen LogP contribution is 2.28. The number of halogens is 1. The zero-order valence-electron chi connectivity index (χ0n) is 14.5. The van der Waals surface area contributed by atoms with Gasteiger partial charge in [0.1, 0.15) is 11.5 Å². The molecule has 2 aromatic carbocycles. The summed E-state index contributed by atoms with van der Waals surface area (Å²) < 4.78 is 10.9. The van der Waals surface area contributed by atoms with Gasteiger partial charge in [-0.2, -0.15) is 0 Å². The van der Waals surface area contributed by atoms with Gasteiger partial charge >= 0.3 is 0 Å². The second kappa shape index (κ2) is 7.79. The zero-order chi connectivity index (χ0) is 17.8. The number of rotatable bonds is 5. The molecule has 5 heteroatoms. The minimum Gasteiger partial charge on any atom is -0.495 e. The molecular formula is C20H22ClNO3. The Morgan fingerprint density at radius 3 is 2.60 bits per heavy atom. The first-order valence-electron chi connectivity index (χ1n) is 8.49. The predicted molar refractivity (Wildman–Crippen MR) is 99.8 cm³/mol. The van der Waals surface area contributed by atoms with Crippen molar-refractivity contribution >= 4 is 23.2 Å². The summed E-state index contributed by atoms with van der Waals surface area (Å²) in [6.45, 7) is 1.74. The SMILES string of the molecule is COc1ccc(NC(=O)[C@@H](C)Oc2ccc3c(c2)CCCC3)cc1Cl.